The van der Waals surface area contributed by atoms with Crippen LogP contribution in [-0.4, -0.2) is 27.6 Å². The number of pyridine rings is 1. The highest BCUT2D eigenvalue weighted by molar-refractivity contribution is 8.03. The molecule has 1 aromatic carbocycles. The van der Waals surface area contributed by atoms with Crippen LogP contribution < -0.4 is 5.32 Å². The van der Waals surface area contributed by atoms with Crippen molar-refractivity contribution in [1.82, 2.24) is 9.88 Å². The Morgan fingerprint density at radius 3 is 2.45 bits per heavy atom. The van der Waals surface area contributed by atoms with Crippen molar-refractivity contribution in [2.24, 2.45) is 0 Å². The summed E-state index contributed by atoms with van der Waals surface area (Å²) in [6.07, 6.45) is 4.83. The van der Waals surface area contributed by atoms with Gasteiger partial charge in [0.05, 0.1) is 29.0 Å². The predicted octanol–water partition coefficient (Wildman–Crippen LogP) is 3.85. The van der Waals surface area contributed by atoms with E-state index >= 15 is 0 Å². The normalized spacial score (nSPS) is 13.8. The number of carbonyl (C=O) groups is 3. The summed E-state index contributed by atoms with van der Waals surface area (Å²) in [6.45, 7) is 1.59. The monoisotopic (exact) mass is 433 g/mol. The lowest BCUT2D eigenvalue weighted by Gasteiger charge is -2.15. The van der Waals surface area contributed by atoms with Crippen LogP contribution >= 0.6 is 11.8 Å². The number of benzene rings is 1. The maximum absolute atomic E-state index is 13.3. The van der Waals surface area contributed by atoms with Gasteiger partial charge in [0, 0.05) is 25.0 Å². The molecule has 3 aromatic rings. The Morgan fingerprint density at radius 1 is 1.06 bits per heavy atom. The van der Waals surface area contributed by atoms with Crippen LogP contribution in [-0.2, 0) is 26.7 Å². The Morgan fingerprint density at radius 2 is 1.81 bits per heavy atom. The number of nitrogens with one attached hydrogen (secondary N) is 1. The first-order valence-corrected chi connectivity index (χ1v) is 10.5. The van der Waals surface area contributed by atoms with Crippen molar-refractivity contribution in [1.29, 1.82) is 0 Å². The number of furan rings is 1. The Bertz CT molecular complexity index is 1140. The van der Waals surface area contributed by atoms with Gasteiger partial charge in [-0.1, -0.05) is 12.1 Å². The number of nitrogens with zero attached hydrogens (tertiary/aromatic N) is 2. The van der Waals surface area contributed by atoms with E-state index in [1.807, 2.05) is 6.07 Å². The number of aromatic nitrogens is 1. The third kappa shape index (κ3) is 4.59. The maximum Gasteiger partial charge on any atom is 0.268 e. The first-order chi connectivity index (χ1) is 15.0. The molecule has 0 bridgehead atoms. The van der Waals surface area contributed by atoms with Gasteiger partial charge >= 0.3 is 0 Å². The molecule has 0 saturated carbocycles. The number of carbonyl (C=O) groups excluding carboxylic acids is 3. The van der Waals surface area contributed by atoms with Crippen molar-refractivity contribution in [2.45, 2.75) is 19.2 Å². The van der Waals surface area contributed by atoms with E-state index in [2.05, 4.69) is 10.3 Å². The van der Waals surface area contributed by atoms with E-state index in [9.17, 15) is 14.4 Å². The third-order valence-corrected chi connectivity index (χ3v) is 5.74. The lowest BCUT2D eigenvalue weighted by molar-refractivity contribution is -0.137. The molecule has 0 fully saturated rings. The number of amides is 3. The lowest BCUT2D eigenvalue weighted by atomic mass is 10.1. The van der Waals surface area contributed by atoms with Gasteiger partial charge < -0.3 is 9.73 Å². The van der Waals surface area contributed by atoms with Crippen LogP contribution in [0.3, 0.4) is 0 Å². The summed E-state index contributed by atoms with van der Waals surface area (Å²) in [5, 5.41) is 2.70. The molecule has 8 heteroatoms. The molecule has 0 aliphatic carbocycles. The molecule has 3 heterocycles. The van der Waals surface area contributed by atoms with Crippen molar-refractivity contribution in [3.63, 3.8) is 0 Å². The van der Waals surface area contributed by atoms with Gasteiger partial charge in [0.2, 0.25) is 5.91 Å². The molecule has 1 N–H and O–H groups in total. The van der Waals surface area contributed by atoms with E-state index in [0.717, 1.165) is 5.56 Å². The van der Waals surface area contributed by atoms with Gasteiger partial charge in [-0.05, 0) is 47.5 Å². The number of thioether (sulfide) groups is 1. The van der Waals surface area contributed by atoms with E-state index in [1.54, 1.807) is 61.1 Å². The van der Waals surface area contributed by atoms with Crippen molar-refractivity contribution in [2.75, 3.05) is 5.32 Å². The molecule has 7 nitrogen and oxygen atoms in total. The molecule has 156 valence electrons. The highest BCUT2D eigenvalue weighted by atomic mass is 32.2. The average Bonchev–Trinajstić information content (AvgIpc) is 3.36. The molecule has 4 rings (SSSR count). The summed E-state index contributed by atoms with van der Waals surface area (Å²) in [5.41, 5.74) is 2.40. The van der Waals surface area contributed by atoms with E-state index in [-0.39, 0.29) is 24.3 Å². The topological polar surface area (TPSA) is 92.5 Å². The van der Waals surface area contributed by atoms with Gasteiger partial charge in [0.25, 0.3) is 11.8 Å². The summed E-state index contributed by atoms with van der Waals surface area (Å²) in [4.78, 5) is 43.4. The van der Waals surface area contributed by atoms with E-state index in [1.165, 1.54) is 23.6 Å². The fourth-order valence-electron chi connectivity index (χ4n) is 3.22. The summed E-state index contributed by atoms with van der Waals surface area (Å²) in [5.74, 6) is 0.274. The Balaban J connectivity index is 1.66. The number of anilines is 1. The van der Waals surface area contributed by atoms with Crippen LogP contribution in [0.15, 0.2) is 76.5 Å². The molecule has 1 aliphatic heterocycles. The third-order valence-electron chi connectivity index (χ3n) is 4.65. The number of hydrogen-bond donors (Lipinski definition) is 1. The molecular weight excluding hydrogens is 414 g/mol. The van der Waals surface area contributed by atoms with Crippen LogP contribution in [0.5, 0.6) is 0 Å². The highest BCUT2D eigenvalue weighted by Crippen LogP contribution is 2.38. The van der Waals surface area contributed by atoms with Crippen molar-refractivity contribution in [3.8, 4) is 0 Å². The Labute approximate surface area is 183 Å². The molecule has 0 radical (unpaired) electrons. The Kier molecular flexibility index (Phi) is 5.99. The lowest BCUT2D eigenvalue weighted by Crippen LogP contribution is -2.30. The van der Waals surface area contributed by atoms with Gasteiger partial charge in [-0.15, -0.1) is 11.8 Å². The van der Waals surface area contributed by atoms with Gasteiger partial charge in [0.15, 0.2) is 0 Å². The quantitative estimate of drug-likeness (QED) is 0.569. The maximum atomic E-state index is 13.3. The SMILES string of the molecule is CC(=O)Nc1ccc(C2=C(SCc3ccco3)C(=O)N(Cc3ccncc3)C2=O)cc1. The zero-order valence-electron chi connectivity index (χ0n) is 16.7. The van der Waals surface area contributed by atoms with E-state index in [0.29, 0.717) is 33.2 Å². The zero-order chi connectivity index (χ0) is 21.8. The number of imide groups is 1. The average molecular weight is 433 g/mol. The minimum atomic E-state index is -0.351. The number of hydrogen-bond acceptors (Lipinski definition) is 6. The van der Waals surface area contributed by atoms with Crippen LogP contribution in [0, 0.1) is 0 Å². The summed E-state index contributed by atoms with van der Waals surface area (Å²) >= 11 is 1.28. The van der Waals surface area contributed by atoms with Gasteiger partial charge in [-0.2, -0.15) is 0 Å². The molecule has 31 heavy (non-hydrogen) atoms. The molecule has 3 amide bonds. The molecule has 0 saturated heterocycles. The summed E-state index contributed by atoms with van der Waals surface area (Å²) in [7, 11) is 0. The predicted molar refractivity (Wildman–Crippen MR) is 117 cm³/mol. The Hall–Kier alpha value is -3.65. The van der Waals surface area contributed by atoms with Crippen LogP contribution in [0.25, 0.3) is 5.57 Å². The molecular formula is C23H19N3O4S. The van der Waals surface area contributed by atoms with Crippen LogP contribution in [0.2, 0.25) is 0 Å². The van der Waals surface area contributed by atoms with Gasteiger partial charge in [-0.25, -0.2) is 0 Å². The van der Waals surface area contributed by atoms with Gasteiger partial charge in [-0.3, -0.25) is 24.3 Å². The molecule has 0 atom stereocenters. The summed E-state index contributed by atoms with van der Waals surface area (Å²) < 4.78 is 5.37. The van der Waals surface area contributed by atoms with E-state index in [4.69, 9.17) is 4.42 Å². The molecule has 0 spiro atoms. The van der Waals surface area contributed by atoms with E-state index < -0.39 is 0 Å². The summed E-state index contributed by atoms with van der Waals surface area (Å²) in [6, 6.07) is 14.0. The second-order valence-electron chi connectivity index (χ2n) is 6.88. The fourth-order valence-corrected chi connectivity index (χ4v) is 4.25. The van der Waals surface area contributed by atoms with Crippen molar-refractivity contribution in [3.05, 3.63) is 89.0 Å². The number of rotatable bonds is 7. The van der Waals surface area contributed by atoms with Crippen LogP contribution in [0.1, 0.15) is 23.8 Å². The standard InChI is InChI=1S/C23H19N3O4S/c1-15(27)25-18-6-4-17(5-7-18)20-21(31-14-19-3-2-12-30-19)23(29)26(22(20)28)13-16-8-10-24-11-9-16/h2-12H,13-14H2,1H3,(H,25,27). The van der Waals surface area contributed by atoms with Gasteiger partial charge in [0.1, 0.15) is 5.76 Å². The largest absolute Gasteiger partial charge is 0.468 e. The van der Waals surface area contributed by atoms with Crippen LogP contribution in [0.4, 0.5) is 5.69 Å². The second-order valence-corrected chi connectivity index (χ2v) is 7.87. The minimum Gasteiger partial charge on any atom is -0.468 e. The first kappa shape index (κ1) is 20.6. The smallest absolute Gasteiger partial charge is 0.268 e. The first-order valence-electron chi connectivity index (χ1n) is 9.55. The molecule has 2 aromatic heterocycles. The molecule has 1 aliphatic rings. The van der Waals surface area contributed by atoms with Crippen molar-refractivity contribution >= 4 is 40.7 Å². The fraction of sp³-hybridized carbons (Fsp3) is 0.130. The second kappa shape index (κ2) is 9.01. The minimum absolute atomic E-state index is 0.165. The van der Waals surface area contributed by atoms with Crippen molar-refractivity contribution < 1.29 is 18.8 Å². The highest BCUT2D eigenvalue weighted by Gasteiger charge is 2.39. The molecule has 0 unspecified atom stereocenters. The zero-order valence-corrected chi connectivity index (χ0v) is 17.5.